The topological polar surface area (TPSA) is 79.6 Å². The van der Waals surface area contributed by atoms with Gasteiger partial charge in [-0.2, -0.15) is 4.98 Å². The number of aromatic nitrogens is 3. The van der Waals surface area contributed by atoms with Gasteiger partial charge in [0.15, 0.2) is 0 Å². The van der Waals surface area contributed by atoms with Crippen molar-refractivity contribution in [2.45, 2.75) is 39.7 Å². The lowest BCUT2D eigenvalue weighted by atomic mass is 10.0. The summed E-state index contributed by atoms with van der Waals surface area (Å²) in [5, 5.41) is 9.69. The second-order valence-electron chi connectivity index (χ2n) is 4.06. The first-order valence-electron chi connectivity index (χ1n) is 5.02. The Balaban J connectivity index is 2.30. The summed E-state index contributed by atoms with van der Waals surface area (Å²) in [7, 11) is 0. The van der Waals surface area contributed by atoms with Crippen LogP contribution in [0.3, 0.4) is 0 Å². The maximum Gasteiger partial charge on any atom is 0.243 e. The fourth-order valence-electron chi connectivity index (χ4n) is 1.21. The zero-order valence-corrected chi connectivity index (χ0v) is 9.04. The SMILES string of the molecule is CC(C)CCC(C)Nc1n[nH]c(N)n1. The van der Waals surface area contributed by atoms with E-state index < -0.39 is 0 Å². The number of nitrogens with zero attached hydrogens (tertiary/aromatic N) is 2. The Morgan fingerprint density at radius 2 is 2.07 bits per heavy atom. The van der Waals surface area contributed by atoms with Crippen molar-refractivity contribution in [2.75, 3.05) is 11.1 Å². The van der Waals surface area contributed by atoms with E-state index in [0.29, 0.717) is 17.9 Å². The molecule has 0 aromatic carbocycles. The van der Waals surface area contributed by atoms with Gasteiger partial charge in [0.25, 0.3) is 0 Å². The van der Waals surface area contributed by atoms with Gasteiger partial charge in [-0.3, -0.25) is 0 Å². The molecule has 0 radical (unpaired) electrons. The molecule has 0 aliphatic carbocycles. The zero-order valence-electron chi connectivity index (χ0n) is 9.04. The quantitative estimate of drug-likeness (QED) is 0.670. The first-order valence-corrected chi connectivity index (χ1v) is 5.02. The molecule has 1 rings (SSSR count). The van der Waals surface area contributed by atoms with Crippen LogP contribution in [0.15, 0.2) is 0 Å². The summed E-state index contributed by atoms with van der Waals surface area (Å²) in [5.74, 6) is 1.67. The lowest BCUT2D eigenvalue weighted by Gasteiger charge is -2.13. The average molecular weight is 197 g/mol. The molecule has 0 aliphatic heterocycles. The van der Waals surface area contributed by atoms with Crippen LogP contribution in [0, 0.1) is 5.92 Å². The van der Waals surface area contributed by atoms with E-state index in [2.05, 4.69) is 41.3 Å². The lowest BCUT2D eigenvalue weighted by molar-refractivity contribution is 0.526. The molecule has 1 atom stereocenters. The third-order valence-electron chi connectivity index (χ3n) is 2.06. The number of anilines is 2. The summed E-state index contributed by atoms with van der Waals surface area (Å²) in [6.07, 6.45) is 2.32. The molecular weight excluding hydrogens is 178 g/mol. The maximum absolute atomic E-state index is 5.41. The molecule has 0 spiro atoms. The van der Waals surface area contributed by atoms with E-state index in [-0.39, 0.29) is 0 Å². The second kappa shape index (κ2) is 4.83. The predicted molar refractivity (Wildman–Crippen MR) is 58.0 cm³/mol. The van der Waals surface area contributed by atoms with Crippen molar-refractivity contribution < 1.29 is 0 Å². The van der Waals surface area contributed by atoms with E-state index in [1.165, 1.54) is 6.42 Å². The molecule has 0 aliphatic rings. The van der Waals surface area contributed by atoms with E-state index in [1.54, 1.807) is 0 Å². The number of hydrogen-bond donors (Lipinski definition) is 3. The number of H-pyrrole nitrogens is 1. The Bertz CT molecular complexity index is 268. The minimum atomic E-state index is 0.351. The highest BCUT2D eigenvalue weighted by molar-refractivity contribution is 5.30. The van der Waals surface area contributed by atoms with Gasteiger partial charge in [0.1, 0.15) is 0 Å². The summed E-state index contributed by atoms with van der Waals surface area (Å²) < 4.78 is 0. The Morgan fingerprint density at radius 1 is 1.36 bits per heavy atom. The molecule has 4 N–H and O–H groups in total. The molecule has 14 heavy (non-hydrogen) atoms. The highest BCUT2D eigenvalue weighted by atomic mass is 15.3. The van der Waals surface area contributed by atoms with Crippen LogP contribution in [-0.2, 0) is 0 Å². The largest absolute Gasteiger partial charge is 0.368 e. The van der Waals surface area contributed by atoms with Crippen molar-refractivity contribution in [3.8, 4) is 0 Å². The number of nitrogens with one attached hydrogen (secondary N) is 2. The van der Waals surface area contributed by atoms with Gasteiger partial charge in [0.2, 0.25) is 11.9 Å². The van der Waals surface area contributed by atoms with E-state index in [0.717, 1.165) is 12.3 Å². The standard InChI is InChI=1S/C9H19N5/c1-6(2)4-5-7(3)11-9-12-8(10)13-14-9/h6-7H,4-5H2,1-3H3,(H4,10,11,12,13,14). The fraction of sp³-hybridized carbons (Fsp3) is 0.778. The molecule has 0 amide bonds. The van der Waals surface area contributed by atoms with Crippen LogP contribution in [0.2, 0.25) is 0 Å². The maximum atomic E-state index is 5.41. The van der Waals surface area contributed by atoms with Crippen LogP contribution in [-0.4, -0.2) is 21.2 Å². The summed E-state index contributed by atoms with van der Waals surface area (Å²) in [5.41, 5.74) is 5.41. The molecule has 5 heteroatoms. The fourth-order valence-corrected chi connectivity index (χ4v) is 1.21. The Hall–Kier alpha value is -1.26. The lowest BCUT2D eigenvalue weighted by Crippen LogP contribution is -2.16. The number of hydrogen-bond acceptors (Lipinski definition) is 4. The molecule has 1 unspecified atom stereocenters. The first-order chi connectivity index (χ1) is 6.58. The summed E-state index contributed by atoms with van der Waals surface area (Å²) in [4.78, 5) is 3.98. The number of nitrogen functional groups attached to an aromatic ring is 1. The van der Waals surface area contributed by atoms with Crippen LogP contribution in [0.25, 0.3) is 0 Å². The molecule has 0 bridgehead atoms. The van der Waals surface area contributed by atoms with Gasteiger partial charge in [-0.05, 0) is 25.7 Å². The molecule has 1 heterocycles. The third-order valence-corrected chi connectivity index (χ3v) is 2.06. The first kappa shape index (κ1) is 10.8. The minimum Gasteiger partial charge on any atom is -0.368 e. The van der Waals surface area contributed by atoms with Crippen molar-refractivity contribution >= 4 is 11.9 Å². The van der Waals surface area contributed by atoms with E-state index in [9.17, 15) is 0 Å². The van der Waals surface area contributed by atoms with Crippen LogP contribution < -0.4 is 11.1 Å². The Labute approximate surface area is 84.5 Å². The predicted octanol–water partition coefficient (Wildman–Crippen LogP) is 1.62. The highest BCUT2D eigenvalue weighted by Gasteiger charge is 2.06. The van der Waals surface area contributed by atoms with Crippen LogP contribution in [0.5, 0.6) is 0 Å². The third kappa shape index (κ3) is 3.64. The molecule has 0 saturated carbocycles. The Kier molecular flexibility index (Phi) is 3.73. The molecular formula is C9H19N5. The summed E-state index contributed by atoms with van der Waals surface area (Å²) in [6, 6.07) is 0.382. The van der Waals surface area contributed by atoms with Crippen molar-refractivity contribution in [3.05, 3.63) is 0 Å². The van der Waals surface area contributed by atoms with Gasteiger partial charge in [-0.1, -0.05) is 13.8 Å². The van der Waals surface area contributed by atoms with Gasteiger partial charge in [0, 0.05) is 6.04 Å². The molecule has 1 aromatic rings. The van der Waals surface area contributed by atoms with Crippen molar-refractivity contribution in [2.24, 2.45) is 5.92 Å². The van der Waals surface area contributed by atoms with Gasteiger partial charge in [0.05, 0.1) is 0 Å². The summed E-state index contributed by atoms with van der Waals surface area (Å²) in [6.45, 7) is 6.56. The molecule has 5 nitrogen and oxygen atoms in total. The normalized spacial score (nSPS) is 13.1. The molecule has 80 valence electrons. The van der Waals surface area contributed by atoms with Crippen LogP contribution in [0.4, 0.5) is 11.9 Å². The van der Waals surface area contributed by atoms with Gasteiger partial charge < -0.3 is 11.1 Å². The molecule has 0 saturated heterocycles. The van der Waals surface area contributed by atoms with Crippen molar-refractivity contribution in [1.29, 1.82) is 0 Å². The van der Waals surface area contributed by atoms with Gasteiger partial charge in [-0.25, -0.2) is 5.10 Å². The average Bonchev–Trinajstić information content (AvgIpc) is 2.48. The van der Waals surface area contributed by atoms with Gasteiger partial charge >= 0.3 is 0 Å². The highest BCUT2D eigenvalue weighted by Crippen LogP contribution is 2.10. The van der Waals surface area contributed by atoms with E-state index in [1.807, 2.05) is 0 Å². The monoisotopic (exact) mass is 197 g/mol. The molecule has 1 aromatic heterocycles. The second-order valence-corrected chi connectivity index (χ2v) is 4.06. The number of nitrogens with two attached hydrogens (primary N) is 1. The van der Waals surface area contributed by atoms with Crippen molar-refractivity contribution in [1.82, 2.24) is 15.2 Å². The molecule has 0 fully saturated rings. The number of aromatic amines is 1. The van der Waals surface area contributed by atoms with Crippen LogP contribution in [0.1, 0.15) is 33.6 Å². The number of rotatable bonds is 5. The van der Waals surface area contributed by atoms with Crippen LogP contribution >= 0.6 is 0 Å². The van der Waals surface area contributed by atoms with Crippen molar-refractivity contribution in [3.63, 3.8) is 0 Å². The Morgan fingerprint density at radius 3 is 2.57 bits per heavy atom. The van der Waals surface area contributed by atoms with E-state index >= 15 is 0 Å². The smallest absolute Gasteiger partial charge is 0.243 e. The summed E-state index contributed by atoms with van der Waals surface area (Å²) >= 11 is 0. The van der Waals surface area contributed by atoms with E-state index in [4.69, 9.17) is 5.73 Å². The zero-order chi connectivity index (χ0) is 10.6. The van der Waals surface area contributed by atoms with Gasteiger partial charge in [-0.15, -0.1) is 5.10 Å². The minimum absolute atomic E-state index is 0.351.